The lowest BCUT2D eigenvalue weighted by molar-refractivity contribution is 0.619. The Balaban J connectivity index is 1.13. The van der Waals surface area contributed by atoms with E-state index < -0.39 is 0 Å². The van der Waals surface area contributed by atoms with Crippen LogP contribution in [0.25, 0.3) is 89.3 Å². The van der Waals surface area contributed by atoms with Crippen LogP contribution in [0.5, 0.6) is 0 Å². The minimum absolute atomic E-state index is 0.212. The molecule has 2 aromatic heterocycles. The van der Waals surface area contributed by atoms with Gasteiger partial charge in [0.15, 0.2) is 0 Å². The van der Waals surface area contributed by atoms with E-state index in [1.165, 1.54) is 22.8 Å². The summed E-state index contributed by atoms with van der Waals surface area (Å²) >= 11 is 0. The van der Waals surface area contributed by atoms with Crippen LogP contribution < -0.4 is 0 Å². The van der Waals surface area contributed by atoms with Crippen LogP contribution in [0.3, 0.4) is 0 Å². The Bertz CT molecular complexity index is 2840. The van der Waals surface area contributed by atoms with E-state index in [1.54, 1.807) is 13.0 Å². The quantitative estimate of drug-likeness (QED) is 0.155. The predicted molar refractivity (Wildman–Crippen MR) is 235 cm³/mol. The Morgan fingerprint density at radius 3 is 1.46 bits per heavy atom. The molecular weight excluding hydrogens is 696 g/mol. The Morgan fingerprint density at radius 2 is 0.825 bits per heavy atom. The molecule has 0 N–H and O–H groups in total. The highest BCUT2D eigenvalue weighted by Gasteiger charge is 2.17. The van der Waals surface area contributed by atoms with E-state index in [9.17, 15) is 4.39 Å². The zero-order chi connectivity index (χ0) is 38.7. The molecule has 2 heterocycles. The predicted octanol–water partition coefficient (Wildman–Crippen LogP) is 14.6. The first kappa shape index (κ1) is 35.5. The Labute approximate surface area is 333 Å². The molecule has 0 unspecified atom stereocenters. The fourth-order valence-electron chi connectivity index (χ4n) is 7.73. The van der Waals surface area contributed by atoms with Crippen LogP contribution in [-0.2, 0) is 0 Å². The second-order valence-electron chi connectivity index (χ2n) is 14.5. The first-order chi connectivity index (χ1) is 28.0. The standard InChI is InChI=1S/C54H39FN2/c1-36-29-44(47-18-10-9-17-46(47)43-26-28-53(56-34-43)42-25-27-52(55)37(2)31-42)32-45(30-36)48-19-11-12-20-49(48)51-35-57-54(41-15-7-4-8-16-41)33-50(51)40-23-21-39(22-24-40)38-13-5-3-6-14-38/h3-35H,1-2H3. The largest absolute Gasteiger partial charge is 0.256 e. The van der Waals surface area contributed by atoms with E-state index in [1.807, 2.05) is 36.7 Å². The van der Waals surface area contributed by atoms with Gasteiger partial charge >= 0.3 is 0 Å². The van der Waals surface area contributed by atoms with Gasteiger partial charge in [0.2, 0.25) is 0 Å². The van der Waals surface area contributed by atoms with Crippen LogP contribution in [0.4, 0.5) is 4.39 Å². The highest BCUT2D eigenvalue weighted by molar-refractivity contribution is 5.94. The molecule has 0 fully saturated rings. The third-order valence-corrected chi connectivity index (χ3v) is 10.6. The molecule has 0 bridgehead atoms. The molecule has 0 aliphatic heterocycles. The second kappa shape index (κ2) is 15.5. The van der Waals surface area contributed by atoms with Gasteiger partial charge in [-0.15, -0.1) is 0 Å². The molecule has 3 heteroatoms. The number of rotatable bonds is 8. The van der Waals surface area contributed by atoms with E-state index in [-0.39, 0.29) is 5.82 Å². The number of aryl methyl sites for hydroxylation is 2. The molecule has 0 saturated heterocycles. The van der Waals surface area contributed by atoms with Crippen LogP contribution >= 0.6 is 0 Å². The van der Waals surface area contributed by atoms with Crippen molar-refractivity contribution >= 4 is 0 Å². The molecule has 9 aromatic rings. The van der Waals surface area contributed by atoms with Crippen molar-refractivity contribution in [2.75, 3.05) is 0 Å². The van der Waals surface area contributed by atoms with Crippen LogP contribution in [-0.4, -0.2) is 9.97 Å². The molecule has 0 amide bonds. The Hall–Kier alpha value is -7.23. The van der Waals surface area contributed by atoms with Gasteiger partial charge in [-0.25, -0.2) is 4.39 Å². The maximum atomic E-state index is 14.0. The number of halogens is 1. The van der Waals surface area contributed by atoms with Gasteiger partial charge in [0.1, 0.15) is 5.82 Å². The van der Waals surface area contributed by atoms with Crippen molar-refractivity contribution in [3.63, 3.8) is 0 Å². The zero-order valence-electron chi connectivity index (χ0n) is 31.8. The van der Waals surface area contributed by atoms with E-state index in [4.69, 9.17) is 9.97 Å². The molecule has 0 saturated carbocycles. The molecule has 0 aliphatic rings. The lowest BCUT2D eigenvalue weighted by atomic mass is 9.87. The van der Waals surface area contributed by atoms with E-state index in [2.05, 4.69) is 159 Å². The number of hydrogen-bond acceptors (Lipinski definition) is 2. The Kier molecular flexibility index (Phi) is 9.64. The van der Waals surface area contributed by atoms with E-state index >= 15 is 0 Å². The molecule has 7 aromatic carbocycles. The van der Waals surface area contributed by atoms with Crippen molar-refractivity contribution in [2.45, 2.75) is 13.8 Å². The number of benzene rings is 7. The minimum atomic E-state index is -0.212. The number of pyridine rings is 2. The SMILES string of the molecule is Cc1cc(-c2ccccc2-c2ccc(-c3ccc(F)c(C)c3)nc2)cc(-c2ccccc2-c2cnc(-c3ccccc3)cc2-c2ccc(-c3ccccc3)cc2)c1. The van der Waals surface area contributed by atoms with Crippen molar-refractivity contribution < 1.29 is 4.39 Å². The monoisotopic (exact) mass is 734 g/mol. The topological polar surface area (TPSA) is 25.8 Å². The molecule has 0 aliphatic carbocycles. The molecular formula is C54H39FN2. The zero-order valence-corrected chi connectivity index (χ0v) is 31.8. The third-order valence-electron chi connectivity index (χ3n) is 10.6. The molecule has 272 valence electrons. The number of aromatic nitrogens is 2. The Morgan fingerprint density at radius 1 is 0.316 bits per heavy atom. The normalized spacial score (nSPS) is 11.1. The van der Waals surface area contributed by atoms with Crippen molar-refractivity contribution in [1.82, 2.24) is 9.97 Å². The van der Waals surface area contributed by atoms with Gasteiger partial charge in [-0.3, -0.25) is 9.97 Å². The molecule has 0 atom stereocenters. The highest BCUT2D eigenvalue weighted by atomic mass is 19.1. The fraction of sp³-hybridized carbons (Fsp3) is 0.0370. The van der Waals surface area contributed by atoms with Gasteiger partial charge in [0.05, 0.1) is 11.4 Å². The van der Waals surface area contributed by atoms with Crippen molar-refractivity contribution in [3.05, 3.63) is 217 Å². The van der Waals surface area contributed by atoms with Gasteiger partial charge in [-0.2, -0.15) is 0 Å². The van der Waals surface area contributed by atoms with Crippen molar-refractivity contribution in [3.8, 4) is 89.3 Å². The molecule has 9 rings (SSSR count). The fourth-order valence-corrected chi connectivity index (χ4v) is 7.73. The summed E-state index contributed by atoms with van der Waals surface area (Å²) in [6, 6.07) is 65.2. The first-order valence-electron chi connectivity index (χ1n) is 19.2. The maximum absolute atomic E-state index is 14.0. The first-order valence-corrected chi connectivity index (χ1v) is 19.2. The average molecular weight is 735 g/mol. The lowest BCUT2D eigenvalue weighted by Crippen LogP contribution is -1.94. The van der Waals surface area contributed by atoms with Gasteiger partial charge in [-0.05, 0) is 117 Å². The van der Waals surface area contributed by atoms with E-state index in [0.717, 1.165) is 78.1 Å². The van der Waals surface area contributed by atoms with Crippen LogP contribution in [0.2, 0.25) is 0 Å². The summed E-state index contributed by atoms with van der Waals surface area (Å²) < 4.78 is 14.0. The highest BCUT2D eigenvalue weighted by Crippen LogP contribution is 2.42. The summed E-state index contributed by atoms with van der Waals surface area (Å²) in [6.07, 6.45) is 3.95. The summed E-state index contributed by atoms with van der Waals surface area (Å²) in [6.45, 7) is 3.94. The van der Waals surface area contributed by atoms with Crippen LogP contribution in [0.15, 0.2) is 200 Å². The van der Waals surface area contributed by atoms with Crippen LogP contribution in [0, 0.1) is 19.7 Å². The number of hydrogen-bond donors (Lipinski definition) is 0. The van der Waals surface area contributed by atoms with Crippen molar-refractivity contribution in [2.24, 2.45) is 0 Å². The van der Waals surface area contributed by atoms with Crippen molar-refractivity contribution in [1.29, 1.82) is 0 Å². The summed E-state index contributed by atoms with van der Waals surface area (Å²) in [5.74, 6) is -0.212. The number of nitrogens with zero attached hydrogens (tertiary/aromatic N) is 2. The van der Waals surface area contributed by atoms with Gasteiger partial charge in [-0.1, -0.05) is 152 Å². The van der Waals surface area contributed by atoms with Crippen LogP contribution in [0.1, 0.15) is 11.1 Å². The molecule has 0 spiro atoms. The third kappa shape index (κ3) is 7.31. The smallest absolute Gasteiger partial charge is 0.126 e. The van der Waals surface area contributed by atoms with Gasteiger partial charge < -0.3 is 0 Å². The van der Waals surface area contributed by atoms with Gasteiger partial charge in [0.25, 0.3) is 0 Å². The van der Waals surface area contributed by atoms with E-state index in [0.29, 0.717) is 5.56 Å². The maximum Gasteiger partial charge on any atom is 0.126 e. The molecule has 0 radical (unpaired) electrons. The summed E-state index contributed by atoms with van der Waals surface area (Å²) in [7, 11) is 0. The summed E-state index contributed by atoms with van der Waals surface area (Å²) in [5, 5.41) is 0. The van der Waals surface area contributed by atoms with Gasteiger partial charge in [0, 0.05) is 34.6 Å². The molecule has 2 nitrogen and oxygen atoms in total. The lowest BCUT2D eigenvalue weighted by Gasteiger charge is -2.18. The second-order valence-corrected chi connectivity index (χ2v) is 14.5. The average Bonchev–Trinajstić information content (AvgIpc) is 3.27. The summed E-state index contributed by atoms with van der Waals surface area (Å²) in [5.41, 5.74) is 19.0. The molecule has 57 heavy (non-hydrogen) atoms. The minimum Gasteiger partial charge on any atom is -0.256 e. The summed E-state index contributed by atoms with van der Waals surface area (Å²) in [4.78, 5) is 9.86.